The molecule has 1 heterocycles. The molecular formula is C18H25N3O3. The van der Waals surface area contributed by atoms with E-state index in [-0.39, 0.29) is 5.91 Å². The highest BCUT2D eigenvalue weighted by Crippen LogP contribution is 2.19. The first kappa shape index (κ1) is 18.2. The molecule has 0 aliphatic rings. The fraction of sp³-hybridized carbons (Fsp3) is 0.444. The van der Waals surface area contributed by atoms with Crippen molar-refractivity contribution in [1.29, 1.82) is 0 Å². The molecule has 1 N–H and O–H groups in total. The standard InChI is InChI=1S/C18H25N3O3/c1-14-5-7-15(8-6-14)18-20-16(13-24-18)11-21(2)12-17(22)19-9-4-10-23-3/h5-8,13H,4,9-12H2,1-3H3,(H,19,22). The van der Waals surface area contributed by atoms with Crippen LogP contribution in [-0.4, -0.2) is 49.6 Å². The normalized spacial score (nSPS) is 11.0. The summed E-state index contributed by atoms with van der Waals surface area (Å²) >= 11 is 0. The minimum atomic E-state index is -0.00384. The number of likely N-dealkylation sites (N-methyl/N-ethyl adjacent to an activating group) is 1. The molecule has 2 rings (SSSR count). The van der Waals surface area contributed by atoms with E-state index < -0.39 is 0 Å². The summed E-state index contributed by atoms with van der Waals surface area (Å²) in [6.07, 6.45) is 2.46. The van der Waals surface area contributed by atoms with Crippen molar-refractivity contribution in [3.8, 4) is 11.5 Å². The number of rotatable bonds is 9. The van der Waals surface area contributed by atoms with Crippen LogP contribution in [0.1, 0.15) is 17.7 Å². The summed E-state index contributed by atoms with van der Waals surface area (Å²) in [6.45, 7) is 4.19. The van der Waals surface area contributed by atoms with Gasteiger partial charge in [0.15, 0.2) is 0 Å². The molecular weight excluding hydrogens is 306 g/mol. The van der Waals surface area contributed by atoms with Crippen molar-refractivity contribution in [2.75, 3.05) is 33.9 Å². The average molecular weight is 331 g/mol. The van der Waals surface area contributed by atoms with E-state index in [0.29, 0.717) is 32.1 Å². The number of hydrogen-bond donors (Lipinski definition) is 1. The maximum Gasteiger partial charge on any atom is 0.234 e. The third-order valence-corrected chi connectivity index (χ3v) is 3.54. The van der Waals surface area contributed by atoms with Crippen LogP contribution in [0.25, 0.3) is 11.5 Å². The molecule has 1 amide bonds. The number of benzene rings is 1. The van der Waals surface area contributed by atoms with Gasteiger partial charge in [0.2, 0.25) is 11.8 Å². The van der Waals surface area contributed by atoms with E-state index in [9.17, 15) is 4.79 Å². The number of nitrogens with zero attached hydrogens (tertiary/aromatic N) is 2. The van der Waals surface area contributed by atoms with E-state index >= 15 is 0 Å². The lowest BCUT2D eigenvalue weighted by atomic mass is 10.1. The Balaban J connectivity index is 1.81. The summed E-state index contributed by atoms with van der Waals surface area (Å²) < 4.78 is 10.5. The van der Waals surface area contributed by atoms with Crippen LogP contribution in [0.2, 0.25) is 0 Å². The monoisotopic (exact) mass is 331 g/mol. The molecule has 6 heteroatoms. The third-order valence-electron chi connectivity index (χ3n) is 3.54. The molecule has 0 radical (unpaired) electrons. The van der Waals surface area contributed by atoms with E-state index in [1.807, 2.05) is 43.1 Å². The predicted octanol–water partition coefficient (Wildman–Crippen LogP) is 2.23. The Labute approximate surface area is 142 Å². The van der Waals surface area contributed by atoms with Crippen LogP contribution in [0, 0.1) is 6.92 Å². The van der Waals surface area contributed by atoms with E-state index in [1.54, 1.807) is 13.4 Å². The second-order valence-electron chi connectivity index (χ2n) is 5.88. The second-order valence-corrected chi connectivity index (χ2v) is 5.88. The van der Waals surface area contributed by atoms with Gasteiger partial charge in [0, 0.05) is 32.4 Å². The van der Waals surface area contributed by atoms with Crippen molar-refractivity contribution in [2.45, 2.75) is 19.9 Å². The Bertz CT molecular complexity index is 637. The van der Waals surface area contributed by atoms with Crippen LogP contribution in [0.15, 0.2) is 34.9 Å². The zero-order valence-corrected chi connectivity index (χ0v) is 14.5. The number of aromatic nitrogens is 1. The molecule has 0 unspecified atom stereocenters. The van der Waals surface area contributed by atoms with E-state index in [0.717, 1.165) is 17.7 Å². The lowest BCUT2D eigenvalue weighted by Gasteiger charge is -2.14. The number of oxazole rings is 1. The SMILES string of the molecule is COCCCNC(=O)CN(C)Cc1coc(-c2ccc(C)cc2)n1. The van der Waals surface area contributed by atoms with Crippen LogP contribution in [0.5, 0.6) is 0 Å². The average Bonchev–Trinajstić information content (AvgIpc) is 3.00. The van der Waals surface area contributed by atoms with Crippen molar-refractivity contribution >= 4 is 5.91 Å². The number of carbonyl (C=O) groups is 1. The van der Waals surface area contributed by atoms with Crippen LogP contribution >= 0.6 is 0 Å². The van der Waals surface area contributed by atoms with Crippen molar-refractivity contribution in [1.82, 2.24) is 15.2 Å². The Morgan fingerprint density at radius 2 is 2.08 bits per heavy atom. The number of aryl methyl sites for hydroxylation is 1. The topological polar surface area (TPSA) is 67.6 Å². The molecule has 0 saturated heterocycles. The van der Waals surface area contributed by atoms with Crippen LogP contribution in [0.4, 0.5) is 0 Å². The van der Waals surface area contributed by atoms with Gasteiger partial charge < -0.3 is 14.5 Å². The number of methoxy groups -OCH3 is 1. The summed E-state index contributed by atoms with van der Waals surface area (Å²) in [5, 5.41) is 2.87. The first-order valence-electron chi connectivity index (χ1n) is 8.04. The fourth-order valence-electron chi connectivity index (χ4n) is 2.29. The first-order chi connectivity index (χ1) is 11.6. The van der Waals surface area contributed by atoms with Gasteiger partial charge in [-0.05, 0) is 32.5 Å². The van der Waals surface area contributed by atoms with E-state index in [2.05, 4.69) is 10.3 Å². The maximum atomic E-state index is 11.8. The zero-order chi connectivity index (χ0) is 17.4. The Morgan fingerprint density at radius 3 is 2.79 bits per heavy atom. The van der Waals surface area contributed by atoms with Crippen LogP contribution in [-0.2, 0) is 16.1 Å². The lowest BCUT2D eigenvalue weighted by molar-refractivity contribution is -0.122. The molecule has 0 saturated carbocycles. The summed E-state index contributed by atoms with van der Waals surface area (Å²) in [5.41, 5.74) is 2.95. The van der Waals surface area contributed by atoms with Gasteiger partial charge in [-0.1, -0.05) is 17.7 Å². The van der Waals surface area contributed by atoms with Gasteiger partial charge in [0.1, 0.15) is 6.26 Å². The molecule has 1 aromatic carbocycles. The van der Waals surface area contributed by atoms with Gasteiger partial charge in [-0.2, -0.15) is 0 Å². The smallest absolute Gasteiger partial charge is 0.234 e. The van der Waals surface area contributed by atoms with Crippen molar-refractivity contribution in [2.24, 2.45) is 0 Å². The highest BCUT2D eigenvalue weighted by molar-refractivity contribution is 5.77. The van der Waals surface area contributed by atoms with E-state index in [4.69, 9.17) is 9.15 Å². The maximum absolute atomic E-state index is 11.8. The molecule has 6 nitrogen and oxygen atoms in total. The largest absolute Gasteiger partial charge is 0.444 e. The highest BCUT2D eigenvalue weighted by Gasteiger charge is 2.11. The van der Waals surface area contributed by atoms with Gasteiger partial charge in [-0.3, -0.25) is 9.69 Å². The molecule has 0 bridgehead atoms. The number of carbonyl (C=O) groups excluding carboxylic acids is 1. The van der Waals surface area contributed by atoms with Crippen LogP contribution in [0.3, 0.4) is 0 Å². The number of ether oxygens (including phenoxy) is 1. The van der Waals surface area contributed by atoms with Gasteiger partial charge in [0.25, 0.3) is 0 Å². The predicted molar refractivity (Wildman–Crippen MR) is 92.5 cm³/mol. The van der Waals surface area contributed by atoms with Gasteiger partial charge in [-0.15, -0.1) is 0 Å². The molecule has 0 spiro atoms. The molecule has 0 aliphatic carbocycles. The lowest BCUT2D eigenvalue weighted by Crippen LogP contribution is -2.35. The molecule has 24 heavy (non-hydrogen) atoms. The number of hydrogen-bond acceptors (Lipinski definition) is 5. The Morgan fingerprint density at radius 1 is 1.33 bits per heavy atom. The van der Waals surface area contributed by atoms with E-state index in [1.165, 1.54) is 5.56 Å². The highest BCUT2D eigenvalue weighted by atomic mass is 16.5. The van der Waals surface area contributed by atoms with Gasteiger partial charge >= 0.3 is 0 Å². The molecule has 0 aliphatic heterocycles. The number of nitrogens with one attached hydrogen (secondary N) is 1. The third kappa shape index (κ3) is 5.79. The fourth-order valence-corrected chi connectivity index (χ4v) is 2.29. The summed E-state index contributed by atoms with van der Waals surface area (Å²) in [7, 11) is 3.54. The molecule has 0 atom stereocenters. The zero-order valence-electron chi connectivity index (χ0n) is 14.5. The summed E-state index contributed by atoms with van der Waals surface area (Å²) in [4.78, 5) is 18.2. The van der Waals surface area contributed by atoms with Gasteiger partial charge in [0.05, 0.1) is 12.2 Å². The Kier molecular flexibility index (Phi) is 6.96. The second kappa shape index (κ2) is 9.20. The Hall–Kier alpha value is -2.18. The minimum Gasteiger partial charge on any atom is -0.444 e. The number of amides is 1. The molecule has 1 aromatic heterocycles. The summed E-state index contributed by atoms with van der Waals surface area (Å²) in [6, 6.07) is 8.03. The van der Waals surface area contributed by atoms with Gasteiger partial charge in [-0.25, -0.2) is 4.98 Å². The first-order valence-corrected chi connectivity index (χ1v) is 8.04. The molecule has 130 valence electrons. The van der Waals surface area contributed by atoms with Crippen molar-refractivity contribution in [3.05, 3.63) is 41.8 Å². The summed E-state index contributed by atoms with van der Waals surface area (Å²) in [5.74, 6) is 0.596. The van der Waals surface area contributed by atoms with Crippen molar-refractivity contribution in [3.63, 3.8) is 0 Å². The minimum absolute atomic E-state index is 0.00384. The molecule has 0 fully saturated rings. The quantitative estimate of drug-likeness (QED) is 0.714. The molecule has 2 aromatic rings. The van der Waals surface area contributed by atoms with Crippen LogP contribution < -0.4 is 5.32 Å². The van der Waals surface area contributed by atoms with Crippen molar-refractivity contribution < 1.29 is 13.9 Å².